The van der Waals surface area contributed by atoms with Crippen LogP contribution >= 0.6 is 11.3 Å². The molecule has 0 aliphatic carbocycles. The van der Waals surface area contributed by atoms with E-state index in [0.29, 0.717) is 13.0 Å². The zero-order valence-electron chi connectivity index (χ0n) is 16.8. The molecule has 1 atom stereocenters. The van der Waals surface area contributed by atoms with Crippen molar-refractivity contribution >= 4 is 22.9 Å². The lowest BCUT2D eigenvalue weighted by molar-refractivity contribution is -0.274. The molecular weight excluding hydrogens is 415 g/mol. The number of alkyl halides is 3. The first-order chi connectivity index (χ1) is 14.2. The summed E-state index contributed by atoms with van der Waals surface area (Å²) in [5.41, 5.74) is 7.35. The predicted octanol–water partition coefficient (Wildman–Crippen LogP) is 4.38. The molecule has 1 saturated heterocycles. The van der Waals surface area contributed by atoms with Crippen molar-refractivity contribution in [3.8, 4) is 5.75 Å². The number of halogens is 3. The van der Waals surface area contributed by atoms with Crippen LogP contribution in [0.25, 0.3) is 0 Å². The molecule has 2 aromatic rings. The minimum atomic E-state index is -4.70. The molecule has 5 nitrogen and oxygen atoms in total. The van der Waals surface area contributed by atoms with Crippen molar-refractivity contribution in [3.63, 3.8) is 0 Å². The molecule has 1 aliphatic rings. The highest BCUT2D eigenvalue weighted by Crippen LogP contribution is 2.30. The summed E-state index contributed by atoms with van der Waals surface area (Å²) in [6.07, 6.45) is -2.57. The van der Waals surface area contributed by atoms with Gasteiger partial charge in [-0.2, -0.15) is 11.3 Å². The standard InChI is InChI=1S/C21H26F3N3O2S/c1-15(12-20(25)28)26-9-6-18(7-10-26)27(13-16-8-11-30-14-16)17-2-4-19(5-3-17)29-21(22,23)24/h2-5,8,11,14-15,18H,6-7,9-10,12-13H2,1H3,(H2,25,28)/t15-/m1/s1. The van der Waals surface area contributed by atoms with E-state index in [1.807, 2.05) is 12.3 Å². The number of nitrogens with zero attached hydrogens (tertiary/aromatic N) is 2. The van der Waals surface area contributed by atoms with Crippen LogP contribution in [0.4, 0.5) is 18.9 Å². The highest BCUT2D eigenvalue weighted by atomic mass is 32.1. The van der Waals surface area contributed by atoms with E-state index in [1.54, 1.807) is 23.5 Å². The summed E-state index contributed by atoms with van der Waals surface area (Å²) >= 11 is 1.62. The van der Waals surface area contributed by atoms with Gasteiger partial charge in [0.1, 0.15) is 5.75 Å². The van der Waals surface area contributed by atoms with Crippen LogP contribution < -0.4 is 15.4 Å². The lowest BCUT2D eigenvalue weighted by Gasteiger charge is -2.41. The third-order valence-corrected chi connectivity index (χ3v) is 6.13. The Bertz CT molecular complexity index is 804. The van der Waals surface area contributed by atoms with Gasteiger partial charge in [-0.15, -0.1) is 13.2 Å². The first kappa shape index (κ1) is 22.4. The number of anilines is 1. The van der Waals surface area contributed by atoms with Crippen molar-refractivity contribution < 1.29 is 22.7 Å². The Kier molecular flexibility index (Phi) is 7.25. The predicted molar refractivity (Wildman–Crippen MR) is 111 cm³/mol. The average molecular weight is 442 g/mol. The fraction of sp³-hybridized carbons (Fsp3) is 0.476. The average Bonchev–Trinajstić information content (AvgIpc) is 3.19. The van der Waals surface area contributed by atoms with Crippen LogP contribution in [0.2, 0.25) is 0 Å². The summed E-state index contributed by atoms with van der Waals surface area (Å²) in [5.74, 6) is -0.526. The minimum Gasteiger partial charge on any atom is -0.406 e. The highest BCUT2D eigenvalue weighted by molar-refractivity contribution is 7.07. The van der Waals surface area contributed by atoms with Crippen LogP contribution in [0.3, 0.4) is 0 Å². The van der Waals surface area contributed by atoms with Gasteiger partial charge in [0.15, 0.2) is 0 Å². The number of hydrogen-bond donors (Lipinski definition) is 1. The maximum Gasteiger partial charge on any atom is 0.573 e. The van der Waals surface area contributed by atoms with Crippen molar-refractivity contribution in [2.45, 2.75) is 51.2 Å². The number of likely N-dealkylation sites (tertiary alicyclic amines) is 1. The number of piperidine rings is 1. The summed E-state index contributed by atoms with van der Waals surface area (Å²) in [6, 6.07) is 8.47. The molecule has 0 unspecified atom stereocenters. The molecule has 2 N–H and O–H groups in total. The van der Waals surface area contributed by atoms with E-state index >= 15 is 0 Å². The monoisotopic (exact) mass is 441 g/mol. The lowest BCUT2D eigenvalue weighted by Crippen LogP contribution is -2.48. The number of thiophene rings is 1. The summed E-state index contributed by atoms with van der Waals surface area (Å²) in [6.45, 7) is 4.38. The second-order valence-corrected chi connectivity index (χ2v) is 8.37. The second kappa shape index (κ2) is 9.70. The molecular formula is C21H26F3N3O2S. The summed E-state index contributed by atoms with van der Waals surface area (Å²) in [4.78, 5) is 15.7. The van der Waals surface area contributed by atoms with Gasteiger partial charge >= 0.3 is 6.36 Å². The van der Waals surface area contributed by atoms with Gasteiger partial charge in [0.25, 0.3) is 0 Å². The fourth-order valence-corrected chi connectivity index (χ4v) is 4.57. The van der Waals surface area contributed by atoms with E-state index in [9.17, 15) is 18.0 Å². The first-order valence-corrected chi connectivity index (χ1v) is 10.8. The Hall–Kier alpha value is -2.26. The van der Waals surface area contributed by atoms with Crippen LogP contribution in [0.15, 0.2) is 41.1 Å². The number of hydrogen-bond acceptors (Lipinski definition) is 5. The highest BCUT2D eigenvalue weighted by Gasteiger charge is 2.31. The van der Waals surface area contributed by atoms with Crippen molar-refractivity contribution in [2.24, 2.45) is 5.73 Å². The van der Waals surface area contributed by atoms with E-state index in [1.165, 1.54) is 17.7 Å². The van der Waals surface area contributed by atoms with E-state index in [2.05, 4.69) is 26.0 Å². The molecule has 3 rings (SSSR count). The molecule has 1 aromatic carbocycles. The number of rotatable bonds is 8. The van der Waals surface area contributed by atoms with Gasteiger partial charge in [-0.25, -0.2) is 0 Å². The number of carbonyl (C=O) groups is 1. The molecule has 0 saturated carbocycles. The Morgan fingerprint density at radius 3 is 2.47 bits per heavy atom. The molecule has 2 heterocycles. The molecule has 1 amide bonds. The number of nitrogens with two attached hydrogens (primary N) is 1. The molecule has 9 heteroatoms. The van der Waals surface area contributed by atoms with E-state index in [4.69, 9.17) is 5.73 Å². The van der Waals surface area contributed by atoms with E-state index < -0.39 is 6.36 Å². The van der Waals surface area contributed by atoms with Crippen molar-refractivity contribution in [1.29, 1.82) is 0 Å². The minimum absolute atomic E-state index is 0.104. The summed E-state index contributed by atoms with van der Waals surface area (Å²) < 4.78 is 41.4. The van der Waals surface area contributed by atoms with Gasteiger partial charge in [-0.1, -0.05) is 0 Å². The number of ether oxygens (including phenoxy) is 1. The third kappa shape index (κ3) is 6.37. The van der Waals surface area contributed by atoms with Crippen LogP contribution in [-0.2, 0) is 11.3 Å². The van der Waals surface area contributed by atoms with Crippen molar-refractivity contribution in [2.75, 3.05) is 18.0 Å². The van der Waals surface area contributed by atoms with Gasteiger partial charge in [0, 0.05) is 43.8 Å². The fourth-order valence-electron chi connectivity index (χ4n) is 3.91. The smallest absolute Gasteiger partial charge is 0.406 e. The van der Waals surface area contributed by atoms with Crippen molar-refractivity contribution in [3.05, 3.63) is 46.7 Å². The van der Waals surface area contributed by atoms with Crippen LogP contribution in [-0.4, -0.2) is 42.3 Å². The van der Waals surface area contributed by atoms with Crippen LogP contribution in [0, 0.1) is 0 Å². The number of primary amides is 1. The number of carbonyl (C=O) groups excluding carboxylic acids is 1. The molecule has 0 bridgehead atoms. The first-order valence-electron chi connectivity index (χ1n) is 9.87. The summed E-state index contributed by atoms with van der Waals surface area (Å²) in [7, 11) is 0. The van der Waals surface area contributed by atoms with Gasteiger partial charge in [-0.3, -0.25) is 9.69 Å². The Morgan fingerprint density at radius 1 is 1.27 bits per heavy atom. The number of benzene rings is 1. The quantitative estimate of drug-likeness (QED) is 0.661. The SMILES string of the molecule is C[C@H](CC(N)=O)N1CCC(N(Cc2ccsc2)c2ccc(OC(F)(F)F)cc2)CC1. The molecule has 1 aromatic heterocycles. The third-order valence-electron chi connectivity index (χ3n) is 5.39. The normalized spacial score (nSPS) is 16.9. The molecule has 1 fully saturated rings. The van der Waals surface area contributed by atoms with E-state index in [0.717, 1.165) is 31.6 Å². The lowest BCUT2D eigenvalue weighted by atomic mass is 9.99. The zero-order valence-corrected chi connectivity index (χ0v) is 17.6. The Labute approximate surface area is 178 Å². The van der Waals surface area contributed by atoms with Crippen LogP contribution in [0.5, 0.6) is 5.75 Å². The topological polar surface area (TPSA) is 58.8 Å². The largest absolute Gasteiger partial charge is 0.573 e. The molecule has 0 spiro atoms. The van der Waals surface area contributed by atoms with Gasteiger partial charge in [-0.05, 0) is 66.4 Å². The van der Waals surface area contributed by atoms with Crippen LogP contribution in [0.1, 0.15) is 31.7 Å². The summed E-state index contributed by atoms with van der Waals surface area (Å²) in [5, 5.41) is 4.10. The number of amides is 1. The van der Waals surface area contributed by atoms with Gasteiger partial charge < -0.3 is 15.4 Å². The Balaban J connectivity index is 1.71. The second-order valence-electron chi connectivity index (χ2n) is 7.59. The van der Waals surface area contributed by atoms with E-state index in [-0.39, 0.29) is 23.7 Å². The molecule has 164 valence electrons. The maximum absolute atomic E-state index is 12.5. The van der Waals surface area contributed by atoms with Gasteiger partial charge in [0.05, 0.1) is 0 Å². The maximum atomic E-state index is 12.5. The molecule has 1 aliphatic heterocycles. The molecule has 0 radical (unpaired) electrons. The van der Waals surface area contributed by atoms with Gasteiger partial charge in [0.2, 0.25) is 5.91 Å². The molecule has 30 heavy (non-hydrogen) atoms. The van der Waals surface area contributed by atoms with Crippen molar-refractivity contribution in [1.82, 2.24) is 4.90 Å². The zero-order chi connectivity index (χ0) is 21.7. The Morgan fingerprint density at radius 2 is 1.93 bits per heavy atom.